The van der Waals surface area contributed by atoms with Gasteiger partial charge in [-0.05, 0) is 45.0 Å². The first kappa shape index (κ1) is 16.3. The summed E-state index contributed by atoms with van der Waals surface area (Å²) < 4.78 is 11.2. The Morgan fingerprint density at radius 1 is 1.32 bits per heavy atom. The highest BCUT2D eigenvalue weighted by molar-refractivity contribution is 6.32. The summed E-state index contributed by atoms with van der Waals surface area (Å²) in [5.41, 5.74) is 0.811. The van der Waals surface area contributed by atoms with Crippen molar-refractivity contribution in [3.05, 3.63) is 28.8 Å². The second kappa shape index (κ2) is 7.13. The molecule has 0 aliphatic carbocycles. The maximum atomic E-state index is 6.08. The average Bonchev–Trinajstić information content (AvgIpc) is 2.36. The van der Waals surface area contributed by atoms with Crippen LogP contribution in [0.3, 0.4) is 0 Å². The van der Waals surface area contributed by atoms with Crippen LogP contribution in [-0.4, -0.2) is 25.9 Å². The molecule has 0 spiro atoms. The molecule has 0 saturated carbocycles. The Hall–Kier alpha value is -0.770. The monoisotopic (exact) mass is 285 g/mol. The third-order valence-corrected chi connectivity index (χ3v) is 3.44. The molecule has 0 aliphatic rings. The number of hydrogen-bond donors (Lipinski definition) is 1. The molecule has 0 saturated heterocycles. The van der Waals surface area contributed by atoms with Gasteiger partial charge in [-0.2, -0.15) is 0 Å². The van der Waals surface area contributed by atoms with Gasteiger partial charge < -0.3 is 14.8 Å². The van der Waals surface area contributed by atoms with E-state index in [1.54, 1.807) is 7.11 Å². The van der Waals surface area contributed by atoms with E-state index in [2.05, 4.69) is 26.1 Å². The Labute approximate surface area is 121 Å². The van der Waals surface area contributed by atoms with Crippen LogP contribution in [0.25, 0.3) is 0 Å². The summed E-state index contributed by atoms with van der Waals surface area (Å²) in [6.07, 6.45) is 0. The molecule has 0 radical (unpaired) electrons. The molecule has 1 unspecified atom stereocenters. The minimum absolute atomic E-state index is 0.0867. The van der Waals surface area contributed by atoms with Crippen LogP contribution in [0.1, 0.15) is 39.3 Å². The van der Waals surface area contributed by atoms with E-state index in [-0.39, 0.29) is 11.6 Å². The highest BCUT2D eigenvalue weighted by atomic mass is 35.5. The maximum Gasteiger partial charge on any atom is 0.137 e. The molecule has 1 rings (SSSR count). The molecule has 1 aromatic carbocycles. The lowest BCUT2D eigenvalue weighted by molar-refractivity contribution is -0.0388. The minimum atomic E-state index is -0.302. The van der Waals surface area contributed by atoms with E-state index >= 15 is 0 Å². The summed E-state index contributed by atoms with van der Waals surface area (Å²) in [6.45, 7) is 9.82. The first-order chi connectivity index (χ1) is 8.96. The molecular weight excluding hydrogens is 262 g/mol. The second-order valence-corrected chi connectivity index (χ2v) is 5.33. The molecule has 4 heteroatoms. The van der Waals surface area contributed by atoms with E-state index in [1.165, 1.54) is 0 Å². The van der Waals surface area contributed by atoms with E-state index < -0.39 is 0 Å². The third-order valence-electron chi connectivity index (χ3n) is 3.13. The smallest absolute Gasteiger partial charge is 0.137 e. The molecule has 1 aromatic rings. The van der Waals surface area contributed by atoms with Gasteiger partial charge in [0.05, 0.1) is 23.8 Å². The summed E-state index contributed by atoms with van der Waals surface area (Å²) in [6, 6.07) is 5.93. The lowest BCUT2D eigenvalue weighted by atomic mass is 9.91. The van der Waals surface area contributed by atoms with Crippen molar-refractivity contribution in [3.8, 4) is 5.75 Å². The van der Waals surface area contributed by atoms with Crippen molar-refractivity contribution in [3.63, 3.8) is 0 Å². The molecule has 0 aliphatic heterocycles. The van der Waals surface area contributed by atoms with Crippen LogP contribution in [0.5, 0.6) is 5.75 Å². The molecule has 0 aromatic heterocycles. The molecule has 108 valence electrons. The van der Waals surface area contributed by atoms with Crippen molar-refractivity contribution in [2.75, 3.05) is 20.3 Å². The number of nitrogens with one attached hydrogen (secondary N) is 1. The van der Waals surface area contributed by atoms with E-state index in [0.29, 0.717) is 17.4 Å². The molecular formula is C15H24ClNO2. The Balaban J connectivity index is 3.11. The predicted octanol–water partition coefficient (Wildman–Crippen LogP) is 3.81. The maximum absolute atomic E-state index is 6.08. The molecule has 0 amide bonds. The summed E-state index contributed by atoms with van der Waals surface area (Å²) in [5.74, 6) is 0.689. The number of benzene rings is 1. The van der Waals surface area contributed by atoms with E-state index in [9.17, 15) is 0 Å². The molecule has 1 atom stereocenters. The Kier molecular flexibility index (Phi) is 6.11. The second-order valence-electron chi connectivity index (χ2n) is 4.92. The van der Waals surface area contributed by atoms with Gasteiger partial charge in [-0.1, -0.05) is 24.6 Å². The van der Waals surface area contributed by atoms with Gasteiger partial charge in [-0.15, -0.1) is 0 Å². The molecule has 0 bridgehead atoms. The number of hydrogen-bond acceptors (Lipinski definition) is 3. The van der Waals surface area contributed by atoms with Crippen molar-refractivity contribution in [1.29, 1.82) is 0 Å². The van der Waals surface area contributed by atoms with Gasteiger partial charge in [0.2, 0.25) is 0 Å². The molecule has 19 heavy (non-hydrogen) atoms. The first-order valence-electron chi connectivity index (χ1n) is 6.67. The van der Waals surface area contributed by atoms with Crippen molar-refractivity contribution in [1.82, 2.24) is 5.32 Å². The largest absolute Gasteiger partial charge is 0.495 e. The Morgan fingerprint density at radius 3 is 2.53 bits per heavy atom. The zero-order valence-corrected chi connectivity index (χ0v) is 13.2. The average molecular weight is 286 g/mol. The van der Waals surface area contributed by atoms with Crippen LogP contribution in [0.15, 0.2) is 18.2 Å². The first-order valence-corrected chi connectivity index (χ1v) is 7.04. The van der Waals surface area contributed by atoms with Gasteiger partial charge >= 0.3 is 0 Å². The Morgan fingerprint density at radius 2 is 2.00 bits per heavy atom. The predicted molar refractivity (Wildman–Crippen MR) is 80.1 cm³/mol. The number of ether oxygens (including phenoxy) is 2. The fourth-order valence-electron chi connectivity index (χ4n) is 2.28. The lowest BCUT2D eigenvalue weighted by Crippen LogP contribution is -2.41. The highest BCUT2D eigenvalue weighted by Gasteiger charge is 2.31. The van der Waals surface area contributed by atoms with Crippen LogP contribution in [0.2, 0.25) is 5.02 Å². The van der Waals surface area contributed by atoms with Gasteiger partial charge in [-0.25, -0.2) is 0 Å². The van der Waals surface area contributed by atoms with E-state index in [1.807, 2.05) is 25.1 Å². The molecule has 1 N–H and O–H groups in total. The number of halogens is 1. The van der Waals surface area contributed by atoms with E-state index in [0.717, 1.165) is 12.1 Å². The van der Waals surface area contributed by atoms with Gasteiger partial charge in [0, 0.05) is 6.61 Å². The van der Waals surface area contributed by atoms with Gasteiger partial charge in [0.25, 0.3) is 0 Å². The summed E-state index contributed by atoms with van der Waals surface area (Å²) in [7, 11) is 1.63. The fourth-order valence-corrected chi connectivity index (χ4v) is 2.48. The van der Waals surface area contributed by atoms with Crippen LogP contribution in [0, 0.1) is 0 Å². The minimum Gasteiger partial charge on any atom is -0.495 e. The molecule has 3 nitrogen and oxygen atoms in total. The van der Waals surface area contributed by atoms with Gasteiger partial charge in [0.1, 0.15) is 5.75 Å². The topological polar surface area (TPSA) is 30.5 Å². The summed E-state index contributed by atoms with van der Waals surface area (Å²) in [4.78, 5) is 0. The normalized spacial score (nSPS) is 13.4. The van der Waals surface area contributed by atoms with E-state index in [4.69, 9.17) is 21.1 Å². The van der Waals surface area contributed by atoms with Crippen molar-refractivity contribution < 1.29 is 9.47 Å². The van der Waals surface area contributed by atoms with Crippen molar-refractivity contribution in [2.24, 2.45) is 0 Å². The van der Waals surface area contributed by atoms with Crippen LogP contribution < -0.4 is 10.1 Å². The zero-order chi connectivity index (χ0) is 14.5. The van der Waals surface area contributed by atoms with Crippen LogP contribution >= 0.6 is 11.6 Å². The number of methoxy groups -OCH3 is 1. The van der Waals surface area contributed by atoms with Crippen LogP contribution in [-0.2, 0) is 4.74 Å². The highest BCUT2D eigenvalue weighted by Crippen LogP contribution is 2.33. The Bertz CT molecular complexity index is 407. The summed E-state index contributed by atoms with van der Waals surface area (Å²) >= 11 is 6.08. The van der Waals surface area contributed by atoms with Crippen molar-refractivity contribution in [2.45, 2.75) is 39.3 Å². The van der Waals surface area contributed by atoms with Crippen LogP contribution in [0.4, 0.5) is 0 Å². The zero-order valence-electron chi connectivity index (χ0n) is 12.4. The number of rotatable bonds is 7. The standard InChI is InChI=1S/C15H24ClNO2/c1-6-17-14(15(3,4)19-7-2)11-8-9-12(16)13(10-11)18-5/h8-10,14,17H,6-7H2,1-5H3. The molecule has 0 fully saturated rings. The van der Waals surface area contributed by atoms with Gasteiger partial charge in [-0.3, -0.25) is 0 Å². The fraction of sp³-hybridized carbons (Fsp3) is 0.600. The number of likely N-dealkylation sites (N-methyl/N-ethyl adjacent to an activating group) is 1. The lowest BCUT2D eigenvalue weighted by Gasteiger charge is -2.35. The SMILES string of the molecule is CCNC(c1ccc(Cl)c(OC)c1)C(C)(C)OCC. The van der Waals surface area contributed by atoms with Gasteiger partial charge in [0.15, 0.2) is 0 Å². The third kappa shape index (κ3) is 4.10. The summed E-state index contributed by atoms with van der Waals surface area (Å²) in [5, 5.41) is 4.09. The molecule has 0 heterocycles. The quantitative estimate of drug-likeness (QED) is 0.826. The van der Waals surface area contributed by atoms with Crippen molar-refractivity contribution >= 4 is 11.6 Å².